The molecule has 0 aliphatic heterocycles. The smallest absolute Gasteiger partial charge is 0.355 e. The highest BCUT2D eigenvalue weighted by Gasteiger charge is 2.28. The molecule has 2 N–H and O–H groups in total. The van der Waals surface area contributed by atoms with Crippen LogP contribution in [-0.2, 0) is 23.5 Å². The van der Waals surface area contributed by atoms with E-state index in [-0.39, 0.29) is 6.42 Å². The van der Waals surface area contributed by atoms with E-state index in [1.54, 1.807) is 25.1 Å². The number of halogens is 1. The van der Waals surface area contributed by atoms with Crippen molar-refractivity contribution in [2.45, 2.75) is 24.3 Å². The molecule has 0 amide bonds. The van der Waals surface area contributed by atoms with Crippen molar-refractivity contribution in [1.29, 1.82) is 0 Å². The minimum absolute atomic E-state index is 0.134. The number of sulfonamides is 1. The van der Waals surface area contributed by atoms with Gasteiger partial charge in [-0.15, -0.1) is 0 Å². The standard InChI is InChI=1S/C14H16FN3O4S/c1-9(7-10-5-3-4-6-11(10)15)17-23(21,22)12-8-16-18(2)13(12)14(19)20/h3-6,8-9,17H,7H2,1-2H3,(H,19,20). The van der Waals surface area contributed by atoms with Gasteiger partial charge in [0, 0.05) is 13.1 Å². The van der Waals surface area contributed by atoms with E-state index in [1.807, 2.05) is 0 Å². The maximum absolute atomic E-state index is 13.6. The number of carbonyl (C=O) groups is 1. The lowest BCUT2D eigenvalue weighted by atomic mass is 10.1. The third kappa shape index (κ3) is 3.74. The molecule has 1 aromatic heterocycles. The summed E-state index contributed by atoms with van der Waals surface area (Å²) >= 11 is 0. The first kappa shape index (κ1) is 17.1. The molecule has 2 aromatic rings. The Morgan fingerprint density at radius 2 is 2.09 bits per heavy atom. The molecule has 0 bridgehead atoms. The largest absolute Gasteiger partial charge is 0.476 e. The maximum atomic E-state index is 13.6. The SMILES string of the molecule is CC(Cc1ccccc1F)NS(=O)(=O)c1cnn(C)c1C(=O)O. The molecule has 124 valence electrons. The van der Waals surface area contributed by atoms with Crippen molar-refractivity contribution in [2.75, 3.05) is 0 Å². The quantitative estimate of drug-likeness (QED) is 0.821. The molecule has 0 saturated heterocycles. The first-order valence-electron chi connectivity index (χ1n) is 6.73. The lowest BCUT2D eigenvalue weighted by molar-refractivity contribution is 0.0680. The third-order valence-corrected chi connectivity index (χ3v) is 4.83. The number of rotatable bonds is 6. The zero-order chi connectivity index (χ0) is 17.2. The van der Waals surface area contributed by atoms with Crippen molar-refractivity contribution in [1.82, 2.24) is 14.5 Å². The highest BCUT2D eigenvalue weighted by Crippen LogP contribution is 2.16. The summed E-state index contributed by atoms with van der Waals surface area (Å²) in [7, 11) is -2.75. The molecule has 0 aliphatic carbocycles. The van der Waals surface area contributed by atoms with Gasteiger partial charge in [-0.1, -0.05) is 18.2 Å². The van der Waals surface area contributed by atoms with Gasteiger partial charge in [0.2, 0.25) is 10.0 Å². The van der Waals surface area contributed by atoms with Crippen LogP contribution in [-0.4, -0.2) is 35.3 Å². The molecule has 0 spiro atoms. The summed E-state index contributed by atoms with van der Waals surface area (Å²) in [5.41, 5.74) is -0.0667. The van der Waals surface area contributed by atoms with E-state index in [0.29, 0.717) is 5.56 Å². The monoisotopic (exact) mass is 341 g/mol. The lowest BCUT2D eigenvalue weighted by Gasteiger charge is -2.14. The maximum Gasteiger partial charge on any atom is 0.355 e. The Bertz CT molecular complexity index is 832. The summed E-state index contributed by atoms with van der Waals surface area (Å²) in [5, 5.41) is 12.8. The molecular weight excluding hydrogens is 325 g/mol. The van der Waals surface area contributed by atoms with Gasteiger partial charge in [-0.25, -0.2) is 22.3 Å². The number of aryl methyl sites for hydroxylation is 1. The van der Waals surface area contributed by atoms with Crippen LogP contribution in [0, 0.1) is 5.82 Å². The average Bonchev–Trinajstić information content (AvgIpc) is 2.83. The van der Waals surface area contributed by atoms with Crippen molar-refractivity contribution in [2.24, 2.45) is 7.05 Å². The molecule has 1 unspecified atom stereocenters. The number of carboxylic acids is 1. The first-order valence-corrected chi connectivity index (χ1v) is 8.21. The van der Waals surface area contributed by atoms with Crippen LogP contribution in [0.2, 0.25) is 0 Å². The zero-order valence-corrected chi connectivity index (χ0v) is 13.3. The van der Waals surface area contributed by atoms with Gasteiger partial charge in [0.1, 0.15) is 10.7 Å². The van der Waals surface area contributed by atoms with Crippen molar-refractivity contribution in [3.05, 3.63) is 47.5 Å². The topological polar surface area (TPSA) is 101 Å². The van der Waals surface area contributed by atoms with Gasteiger partial charge >= 0.3 is 5.97 Å². The minimum Gasteiger partial charge on any atom is -0.476 e. The number of nitrogens with zero attached hydrogens (tertiary/aromatic N) is 2. The molecule has 7 nitrogen and oxygen atoms in total. The molecule has 0 fully saturated rings. The van der Waals surface area contributed by atoms with E-state index in [0.717, 1.165) is 10.9 Å². The first-order chi connectivity index (χ1) is 10.7. The van der Waals surface area contributed by atoms with Crippen molar-refractivity contribution in [3.8, 4) is 0 Å². The summed E-state index contributed by atoms with van der Waals surface area (Å²) in [6, 6.07) is 5.43. The minimum atomic E-state index is -4.08. The molecule has 23 heavy (non-hydrogen) atoms. The van der Waals surface area contributed by atoms with Gasteiger partial charge in [0.15, 0.2) is 5.69 Å². The fourth-order valence-electron chi connectivity index (χ4n) is 2.22. The van der Waals surface area contributed by atoms with Gasteiger partial charge in [-0.05, 0) is 25.0 Å². The normalized spacial score (nSPS) is 13.0. The third-order valence-electron chi connectivity index (χ3n) is 3.24. The second-order valence-corrected chi connectivity index (χ2v) is 6.79. The summed E-state index contributed by atoms with van der Waals surface area (Å²) in [6.45, 7) is 1.57. The van der Waals surface area contributed by atoms with E-state index in [2.05, 4.69) is 9.82 Å². The number of carboxylic acid groups (broad SMARTS) is 1. The molecule has 1 atom stereocenters. The van der Waals surface area contributed by atoms with Gasteiger partial charge in [0.25, 0.3) is 0 Å². The van der Waals surface area contributed by atoms with Crippen molar-refractivity contribution >= 4 is 16.0 Å². The molecular formula is C14H16FN3O4S. The number of hydrogen-bond donors (Lipinski definition) is 2. The van der Waals surface area contributed by atoms with Gasteiger partial charge < -0.3 is 5.11 Å². The fraction of sp³-hybridized carbons (Fsp3) is 0.286. The Morgan fingerprint density at radius 1 is 1.43 bits per heavy atom. The number of hydrogen-bond acceptors (Lipinski definition) is 4. The number of benzene rings is 1. The van der Waals surface area contributed by atoms with Crippen LogP contribution in [0.3, 0.4) is 0 Å². The van der Waals surface area contributed by atoms with Crippen molar-refractivity contribution in [3.63, 3.8) is 0 Å². The average molecular weight is 341 g/mol. The van der Waals surface area contributed by atoms with E-state index in [4.69, 9.17) is 5.11 Å². The van der Waals surface area contributed by atoms with Crippen LogP contribution in [0.25, 0.3) is 0 Å². The number of aromatic nitrogens is 2. The summed E-state index contributed by atoms with van der Waals surface area (Å²) in [4.78, 5) is 10.7. The van der Waals surface area contributed by atoms with Crippen LogP contribution in [0.5, 0.6) is 0 Å². The van der Waals surface area contributed by atoms with Crippen LogP contribution < -0.4 is 4.72 Å². The zero-order valence-electron chi connectivity index (χ0n) is 12.5. The number of aromatic carboxylic acids is 1. The second-order valence-electron chi connectivity index (χ2n) is 5.10. The summed E-state index contributed by atoms with van der Waals surface area (Å²) < 4.78 is 41.6. The number of nitrogens with one attached hydrogen (secondary N) is 1. The van der Waals surface area contributed by atoms with Crippen LogP contribution in [0.1, 0.15) is 23.0 Å². The predicted octanol–water partition coefficient (Wildman–Crippen LogP) is 1.17. The Kier molecular flexibility index (Phi) is 4.81. The van der Waals surface area contributed by atoms with Gasteiger partial charge in [0.05, 0.1) is 6.20 Å². The Labute approximate surface area is 132 Å². The van der Waals surface area contributed by atoms with Crippen LogP contribution in [0.15, 0.2) is 35.4 Å². The van der Waals surface area contributed by atoms with E-state index in [9.17, 15) is 17.6 Å². The van der Waals surface area contributed by atoms with Gasteiger partial charge in [-0.3, -0.25) is 4.68 Å². The second kappa shape index (κ2) is 6.47. The Morgan fingerprint density at radius 3 is 2.70 bits per heavy atom. The van der Waals surface area contributed by atoms with Crippen molar-refractivity contribution < 1.29 is 22.7 Å². The van der Waals surface area contributed by atoms with E-state index < -0.39 is 38.4 Å². The molecule has 9 heteroatoms. The lowest BCUT2D eigenvalue weighted by Crippen LogP contribution is -2.35. The summed E-state index contributed by atoms with van der Waals surface area (Å²) in [6.07, 6.45) is 1.11. The molecule has 1 heterocycles. The van der Waals surface area contributed by atoms with Crippen LogP contribution >= 0.6 is 0 Å². The predicted molar refractivity (Wildman–Crippen MR) is 80.1 cm³/mol. The fourth-order valence-corrected chi connectivity index (χ4v) is 3.62. The van der Waals surface area contributed by atoms with E-state index in [1.165, 1.54) is 13.1 Å². The molecule has 0 saturated carbocycles. The summed E-state index contributed by atoms with van der Waals surface area (Å²) in [5.74, 6) is -1.82. The van der Waals surface area contributed by atoms with E-state index >= 15 is 0 Å². The van der Waals surface area contributed by atoms with Gasteiger partial charge in [-0.2, -0.15) is 5.10 Å². The highest BCUT2D eigenvalue weighted by molar-refractivity contribution is 7.89. The molecule has 1 aromatic carbocycles. The Balaban J connectivity index is 2.22. The molecule has 0 aliphatic rings. The highest BCUT2D eigenvalue weighted by atomic mass is 32.2. The van der Waals surface area contributed by atoms with Crippen LogP contribution in [0.4, 0.5) is 4.39 Å². The molecule has 0 radical (unpaired) electrons. The molecule has 2 rings (SSSR count). The Hall–Kier alpha value is -2.26.